The summed E-state index contributed by atoms with van der Waals surface area (Å²) in [5.74, 6) is -0.376. The van der Waals surface area contributed by atoms with E-state index in [1.807, 2.05) is 20.8 Å². The molecule has 8 nitrogen and oxygen atoms in total. The summed E-state index contributed by atoms with van der Waals surface area (Å²) in [7, 11) is -2.62. The van der Waals surface area contributed by atoms with Crippen LogP contribution in [0.2, 0.25) is 5.02 Å². The number of ether oxygens (including phenoxy) is 1. The minimum absolute atomic E-state index is 0.0357. The molecule has 10 heteroatoms. The molecule has 0 aliphatic carbocycles. The van der Waals surface area contributed by atoms with E-state index < -0.39 is 34.1 Å². The molecule has 0 heterocycles. The van der Waals surface area contributed by atoms with Crippen LogP contribution in [0.15, 0.2) is 83.8 Å². The molecule has 0 bridgehead atoms. The largest absolute Gasteiger partial charge is 0.497 e. The molecule has 0 fully saturated rings. The first-order valence-corrected chi connectivity index (χ1v) is 14.2. The van der Waals surface area contributed by atoms with E-state index in [4.69, 9.17) is 16.3 Å². The molecule has 0 unspecified atom stereocenters. The Bertz CT molecular complexity index is 1390. The van der Waals surface area contributed by atoms with Crippen LogP contribution in [-0.2, 0) is 26.2 Å². The summed E-state index contributed by atoms with van der Waals surface area (Å²) in [6.45, 7) is 6.68. The van der Waals surface area contributed by atoms with Crippen molar-refractivity contribution in [2.24, 2.45) is 0 Å². The second-order valence-corrected chi connectivity index (χ2v) is 12.4. The van der Waals surface area contributed by atoms with Gasteiger partial charge in [0.15, 0.2) is 0 Å². The quantitative estimate of drug-likeness (QED) is 0.374. The standard InChI is InChI=1S/C29H34ClN3O5S/c1-21(28(35)31-29(2,3)4)32(19-22-10-9-11-23(30)18-22)27(34)20-33(24-14-16-25(38-5)17-15-24)39(36,37)26-12-7-6-8-13-26/h6-18,21H,19-20H2,1-5H3,(H,31,35)/t21-/m0/s1. The van der Waals surface area contributed by atoms with Gasteiger partial charge in [0.2, 0.25) is 11.8 Å². The van der Waals surface area contributed by atoms with Crippen LogP contribution in [0.25, 0.3) is 0 Å². The Labute approximate surface area is 235 Å². The first-order valence-electron chi connectivity index (χ1n) is 12.4. The van der Waals surface area contributed by atoms with Crippen LogP contribution in [0.3, 0.4) is 0 Å². The molecule has 3 aromatic carbocycles. The number of hydrogen-bond donors (Lipinski definition) is 1. The predicted octanol–water partition coefficient (Wildman–Crippen LogP) is 4.88. The first kappa shape index (κ1) is 30.0. The van der Waals surface area contributed by atoms with Gasteiger partial charge in [0.25, 0.3) is 10.0 Å². The van der Waals surface area contributed by atoms with Gasteiger partial charge in [-0.15, -0.1) is 0 Å². The van der Waals surface area contributed by atoms with Crippen molar-refractivity contribution in [3.63, 3.8) is 0 Å². The number of carbonyl (C=O) groups is 2. The fraction of sp³-hybridized carbons (Fsp3) is 0.310. The van der Waals surface area contributed by atoms with Crippen LogP contribution in [0.4, 0.5) is 5.69 Å². The SMILES string of the molecule is COc1ccc(N(CC(=O)N(Cc2cccc(Cl)c2)[C@@H](C)C(=O)NC(C)(C)C)S(=O)(=O)c2ccccc2)cc1. The highest BCUT2D eigenvalue weighted by atomic mass is 35.5. The lowest BCUT2D eigenvalue weighted by Crippen LogP contribution is -2.54. The lowest BCUT2D eigenvalue weighted by molar-refractivity contribution is -0.140. The normalized spacial score (nSPS) is 12.4. The Morgan fingerprint density at radius 1 is 0.974 bits per heavy atom. The fourth-order valence-electron chi connectivity index (χ4n) is 3.89. The second kappa shape index (κ2) is 12.5. The highest BCUT2D eigenvalue weighted by Crippen LogP contribution is 2.26. The summed E-state index contributed by atoms with van der Waals surface area (Å²) in [6, 6.07) is 20.3. The Morgan fingerprint density at radius 3 is 2.18 bits per heavy atom. The zero-order valence-corrected chi connectivity index (χ0v) is 24.3. The summed E-state index contributed by atoms with van der Waals surface area (Å²) in [4.78, 5) is 28.4. The van der Waals surface area contributed by atoms with Crippen molar-refractivity contribution in [3.05, 3.63) is 89.4 Å². The van der Waals surface area contributed by atoms with Crippen LogP contribution in [0.1, 0.15) is 33.3 Å². The third-order valence-corrected chi connectivity index (χ3v) is 7.90. The van der Waals surface area contributed by atoms with Gasteiger partial charge in [-0.25, -0.2) is 8.42 Å². The zero-order valence-electron chi connectivity index (χ0n) is 22.7. The molecule has 39 heavy (non-hydrogen) atoms. The Balaban J connectivity index is 2.03. The first-order chi connectivity index (χ1) is 18.3. The number of hydrogen-bond acceptors (Lipinski definition) is 5. The highest BCUT2D eigenvalue weighted by molar-refractivity contribution is 7.92. The summed E-state index contributed by atoms with van der Waals surface area (Å²) in [5.41, 5.74) is 0.456. The summed E-state index contributed by atoms with van der Waals surface area (Å²) >= 11 is 6.17. The van der Waals surface area contributed by atoms with Crippen LogP contribution in [-0.4, -0.2) is 50.4 Å². The van der Waals surface area contributed by atoms with Gasteiger partial charge in [0.1, 0.15) is 18.3 Å². The van der Waals surface area contributed by atoms with Gasteiger partial charge in [-0.2, -0.15) is 0 Å². The van der Waals surface area contributed by atoms with E-state index in [2.05, 4.69) is 5.32 Å². The Hall–Kier alpha value is -3.56. The molecule has 0 aliphatic rings. The van der Waals surface area contributed by atoms with Crippen LogP contribution >= 0.6 is 11.6 Å². The van der Waals surface area contributed by atoms with Crippen molar-refractivity contribution < 1.29 is 22.7 Å². The molecule has 0 aliphatic heterocycles. The number of nitrogens with one attached hydrogen (secondary N) is 1. The van der Waals surface area contributed by atoms with Crippen LogP contribution in [0, 0.1) is 0 Å². The van der Waals surface area contributed by atoms with Gasteiger partial charge in [-0.1, -0.05) is 41.9 Å². The molecule has 208 valence electrons. The van der Waals surface area contributed by atoms with Gasteiger partial charge in [-0.05, 0) is 81.8 Å². The molecule has 3 rings (SSSR count). The van der Waals surface area contributed by atoms with Gasteiger partial charge >= 0.3 is 0 Å². The number of sulfonamides is 1. The number of anilines is 1. The Kier molecular flexibility index (Phi) is 9.63. The topological polar surface area (TPSA) is 96.0 Å². The van der Waals surface area contributed by atoms with Gasteiger partial charge < -0.3 is 15.0 Å². The molecule has 0 aromatic heterocycles. The number of rotatable bonds is 10. The van der Waals surface area contributed by atoms with Crippen molar-refractivity contribution in [2.75, 3.05) is 18.0 Å². The number of carbonyl (C=O) groups excluding carboxylic acids is 2. The Morgan fingerprint density at radius 2 is 1.62 bits per heavy atom. The smallest absolute Gasteiger partial charge is 0.264 e. The van der Waals surface area contributed by atoms with Crippen molar-refractivity contribution in [3.8, 4) is 5.75 Å². The minimum atomic E-state index is -4.13. The van der Waals surface area contributed by atoms with Crippen molar-refractivity contribution in [2.45, 2.75) is 50.7 Å². The molecule has 3 aromatic rings. The average Bonchev–Trinajstić information content (AvgIpc) is 2.89. The maximum atomic E-state index is 13.9. The second-order valence-electron chi connectivity index (χ2n) is 10.1. The van der Waals surface area contributed by atoms with Gasteiger partial charge in [-0.3, -0.25) is 13.9 Å². The summed E-state index contributed by atoms with van der Waals surface area (Å²) in [5, 5.41) is 3.38. The van der Waals surface area contributed by atoms with Crippen LogP contribution < -0.4 is 14.4 Å². The van der Waals surface area contributed by atoms with Crippen molar-refractivity contribution >= 4 is 39.1 Å². The van der Waals surface area contributed by atoms with E-state index in [0.29, 0.717) is 16.3 Å². The minimum Gasteiger partial charge on any atom is -0.497 e. The molecular weight excluding hydrogens is 538 g/mol. The highest BCUT2D eigenvalue weighted by Gasteiger charge is 2.33. The van der Waals surface area contributed by atoms with E-state index in [0.717, 1.165) is 4.31 Å². The fourth-order valence-corrected chi connectivity index (χ4v) is 5.53. The maximum absolute atomic E-state index is 13.9. The van der Waals surface area contributed by atoms with Crippen molar-refractivity contribution in [1.29, 1.82) is 0 Å². The van der Waals surface area contributed by atoms with E-state index >= 15 is 0 Å². The van der Waals surface area contributed by atoms with Gasteiger partial charge in [0, 0.05) is 17.1 Å². The average molecular weight is 572 g/mol. The summed E-state index contributed by atoms with van der Waals surface area (Å²) in [6.07, 6.45) is 0. The molecule has 0 radical (unpaired) electrons. The molecular formula is C29H34ClN3O5S. The number of methoxy groups -OCH3 is 1. The lowest BCUT2D eigenvalue weighted by atomic mass is 10.1. The summed E-state index contributed by atoms with van der Waals surface area (Å²) < 4.78 is 33.8. The third-order valence-electron chi connectivity index (χ3n) is 5.88. The monoisotopic (exact) mass is 571 g/mol. The molecule has 2 amide bonds. The lowest BCUT2D eigenvalue weighted by Gasteiger charge is -2.33. The van der Waals surface area contributed by atoms with Crippen molar-refractivity contribution in [1.82, 2.24) is 10.2 Å². The number of nitrogens with zero attached hydrogens (tertiary/aromatic N) is 2. The molecule has 0 spiro atoms. The number of halogens is 1. The molecule has 0 saturated carbocycles. The van der Waals surface area contributed by atoms with E-state index in [1.165, 1.54) is 24.1 Å². The van der Waals surface area contributed by atoms with E-state index in [1.54, 1.807) is 73.7 Å². The number of benzene rings is 3. The zero-order chi connectivity index (χ0) is 28.8. The van der Waals surface area contributed by atoms with Gasteiger partial charge in [0.05, 0.1) is 17.7 Å². The van der Waals surface area contributed by atoms with E-state index in [9.17, 15) is 18.0 Å². The number of amides is 2. The molecule has 1 atom stereocenters. The third kappa shape index (κ3) is 7.97. The molecule has 1 N–H and O–H groups in total. The molecule has 0 saturated heterocycles. The predicted molar refractivity (Wildman–Crippen MR) is 153 cm³/mol. The maximum Gasteiger partial charge on any atom is 0.264 e. The van der Waals surface area contributed by atoms with E-state index in [-0.39, 0.29) is 23.0 Å². The van der Waals surface area contributed by atoms with Crippen LogP contribution in [0.5, 0.6) is 5.75 Å².